The molecule has 0 spiro atoms. The maximum atomic E-state index is 10.5. The van der Waals surface area contributed by atoms with Gasteiger partial charge >= 0.3 is 5.97 Å². The first-order valence-electron chi connectivity index (χ1n) is 3.44. The Morgan fingerprint density at radius 2 is 2.07 bits per heavy atom. The largest absolute Gasteiger partial charge is 0.478 e. The maximum Gasteiger partial charge on any atom is 0.335 e. The summed E-state index contributed by atoms with van der Waals surface area (Å²) < 4.78 is 0. The summed E-state index contributed by atoms with van der Waals surface area (Å²) in [4.78, 5) is 17.3. The average molecular weight is 235 g/mol. The Bertz CT molecular complexity index is 442. The Balaban J connectivity index is 0.000000845. The van der Waals surface area contributed by atoms with E-state index >= 15 is 0 Å². The third-order valence-electron chi connectivity index (χ3n) is 1.67. The fraction of sp³-hybridized carbons (Fsp3) is 0. The van der Waals surface area contributed by atoms with Crippen LogP contribution in [0, 0.1) is 0 Å². The van der Waals surface area contributed by atoms with Crippen molar-refractivity contribution in [1.82, 2.24) is 9.97 Å². The molecule has 14 heavy (non-hydrogen) atoms. The summed E-state index contributed by atoms with van der Waals surface area (Å²) in [6, 6.07) is 4.77. The molecule has 0 amide bonds. The lowest BCUT2D eigenvalue weighted by Gasteiger charge is -1.92. The smallest absolute Gasteiger partial charge is 0.335 e. The van der Waals surface area contributed by atoms with Crippen LogP contribution in [0.2, 0.25) is 0 Å². The molecule has 0 radical (unpaired) electrons. The van der Waals surface area contributed by atoms with Crippen LogP contribution < -0.4 is 0 Å². The van der Waals surface area contributed by atoms with Gasteiger partial charge in [-0.1, -0.05) is 0 Å². The van der Waals surface area contributed by atoms with Crippen LogP contribution in [-0.2, 0) is 0 Å². The van der Waals surface area contributed by atoms with Gasteiger partial charge in [-0.25, -0.2) is 9.78 Å². The topological polar surface area (TPSA) is 66.0 Å². The summed E-state index contributed by atoms with van der Waals surface area (Å²) in [5, 5.41) is 8.65. The summed E-state index contributed by atoms with van der Waals surface area (Å²) in [6.07, 6.45) is 1.54. The Hall–Kier alpha value is -1.26. The lowest BCUT2D eigenvalue weighted by atomic mass is 10.2. The molecule has 2 rings (SSSR count). The van der Waals surface area contributed by atoms with Crippen LogP contribution in [0.1, 0.15) is 10.4 Å². The molecular weight excluding hydrogens is 227 g/mol. The van der Waals surface area contributed by atoms with Gasteiger partial charge < -0.3 is 10.1 Å². The maximum absolute atomic E-state index is 10.5. The Morgan fingerprint density at radius 1 is 1.36 bits per heavy atom. The minimum atomic E-state index is -0.925. The molecule has 4 nitrogen and oxygen atoms in total. The van der Waals surface area contributed by atoms with E-state index < -0.39 is 5.97 Å². The highest BCUT2D eigenvalue weighted by atomic mass is 35.5. The Morgan fingerprint density at radius 3 is 2.71 bits per heavy atom. The number of carbonyl (C=O) groups is 1. The van der Waals surface area contributed by atoms with Gasteiger partial charge in [0.05, 0.1) is 22.9 Å². The molecular formula is C8H8Cl2N2O2. The van der Waals surface area contributed by atoms with Crippen molar-refractivity contribution in [2.75, 3.05) is 0 Å². The molecule has 76 valence electrons. The molecule has 0 atom stereocenters. The zero-order valence-electron chi connectivity index (χ0n) is 6.93. The van der Waals surface area contributed by atoms with Gasteiger partial charge in [0.1, 0.15) is 0 Å². The number of imidazole rings is 1. The number of nitrogens with one attached hydrogen (secondary N) is 1. The number of benzene rings is 1. The van der Waals surface area contributed by atoms with Crippen LogP contribution in [0.25, 0.3) is 11.0 Å². The normalized spacial score (nSPS) is 8.86. The standard InChI is InChI=1S/C8H6N2O2.2ClH/c11-8(12)5-1-2-6-7(3-5)10-4-9-6;;/h1-4H,(H,9,10)(H,11,12);2*1H. The third-order valence-corrected chi connectivity index (χ3v) is 1.67. The van der Waals surface area contributed by atoms with Crippen molar-refractivity contribution in [3.05, 3.63) is 30.1 Å². The number of carboxylic acids is 1. The van der Waals surface area contributed by atoms with Crippen LogP contribution in [-0.4, -0.2) is 21.0 Å². The minimum Gasteiger partial charge on any atom is -0.478 e. The number of carboxylic acid groups (broad SMARTS) is 1. The molecule has 0 aliphatic carbocycles. The monoisotopic (exact) mass is 234 g/mol. The van der Waals surface area contributed by atoms with Crippen LogP contribution in [0.5, 0.6) is 0 Å². The van der Waals surface area contributed by atoms with Crippen LogP contribution in [0.3, 0.4) is 0 Å². The molecule has 2 N–H and O–H groups in total. The fourth-order valence-electron chi connectivity index (χ4n) is 1.07. The molecule has 0 aliphatic heterocycles. The van der Waals surface area contributed by atoms with Gasteiger partial charge in [0.15, 0.2) is 0 Å². The molecule has 0 saturated heterocycles. The number of aromatic nitrogens is 2. The first-order valence-corrected chi connectivity index (χ1v) is 3.44. The molecule has 6 heteroatoms. The van der Waals surface area contributed by atoms with E-state index in [1.165, 1.54) is 12.4 Å². The van der Waals surface area contributed by atoms with E-state index in [9.17, 15) is 4.79 Å². The average Bonchev–Trinajstić information content (AvgIpc) is 2.49. The Labute approximate surface area is 92.2 Å². The van der Waals surface area contributed by atoms with Crippen molar-refractivity contribution >= 4 is 41.8 Å². The van der Waals surface area contributed by atoms with Gasteiger partial charge in [0.25, 0.3) is 0 Å². The number of rotatable bonds is 1. The zero-order chi connectivity index (χ0) is 8.55. The second-order valence-corrected chi connectivity index (χ2v) is 2.44. The number of hydrogen-bond donors (Lipinski definition) is 2. The van der Waals surface area contributed by atoms with E-state index in [4.69, 9.17) is 5.11 Å². The predicted octanol–water partition coefficient (Wildman–Crippen LogP) is 2.10. The van der Waals surface area contributed by atoms with Crippen molar-refractivity contribution in [3.8, 4) is 0 Å². The van der Waals surface area contributed by atoms with Crippen molar-refractivity contribution in [2.24, 2.45) is 0 Å². The zero-order valence-corrected chi connectivity index (χ0v) is 8.56. The number of halogens is 2. The van der Waals surface area contributed by atoms with E-state index in [1.54, 1.807) is 12.1 Å². The van der Waals surface area contributed by atoms with E-state index in [-0.39, 0.29) is 30.4 Å². The summed E-state index contributed by atoms with van der Waals surface area (Å²) in [5.41, 5.74) is 1.79. The predicted molar refractivity (Wildman–Crippen MR) is 57.5 cm³/mol. The Kier molecular flexibility index (Phi) is 4.40. The molecule has 1 aromatic heterocycles. The van der Waals surface area contributed by atoms with Gasteiger partial charge in [-0.2, -0.15) is 0 Å². The van der Waals surface area contributed by atoms with Crippen LogP contribution in [0.4, 0.5) is 0 Å². The second-order valence-electron chi connectivity index (χ2n) is 2.44. The molecule has 0 bridgehead atoms. The fourth-order valence-corrected chi connectivity index (χ4v) is 1.07. The molecule has 0 saturated carbocycles. The third kappa shape index (κ3) is 2.16. The van der Waals surface area contributed by atoms with Gasteiger partial charge in [0, 0.05) is 0 Å². The second kappa shape index (κ2) is 4.83. The van der Waals surface area contributed by atoms with E-state index in [0.29, 0.717) is 0 Å². The number of hydrogen-bond acceptors (Lipinski definition) is 2. The number of aromatic amines is 1. The van der Waals surface area contributed by atoms with E-state index in [1.807, 2.05) is 0 Å². The summed E-state index contributed by atoms with van der Waals surface area (Å²) in [7, 11) is 0. The number of H-pyrrole nitrogens is 1. The van der Waals surface area contributed by atoms with Crippen LogP contribution >= 0.6 is 24.8 Å². The van der Waals surface area contributed by atoms with Crippen molar-refractivity contribution in [3.63, 3.8) is 0 Å². The molecule has 0 fully saturated rings. The molecule has 1 aromatic carbocycles. The number of fused-ring (bicyclic) bond motifs is 1. The van der Waals surface area contributed by atoms with Gasteiger partial charge in [-0.3, -0.25) is 0 Å². The van der Waals surface area contributed by atoms with Gasteiger partial charge in [-0.15, -0.1) is 24.8 Å². The quantitative estimate of drug-likeness (QED) is 0.795. The molecule has 0 aliphatic rings. The lowest BCUT2D eigenvalue weighted by Crippen LogP contribution is -1.94. The van der Waals surface area contributed by atoms with Crippen molar-refractivity contribution in [2.45, 2.75) is 0 Å². The van der Waals surface area contributed by atoms with Crippen molar-refractivity contribution < 1.29 is 9.90 Å². The minimum absolute atomic E-state index is 0. The van der Waals surface area contributed by atoms with Gasteiger partial charge in [0.2, 0.25) is 0 Å². The summed E-state index contributed by atoms with van der Waals surface area (Å²) in [5.74, 6) is -0.925. The molecule has 2 aromatic rings. The first kappa shape index (κ1) is 12.7. The van der Waals surface area contributed by atoms with Crippen LogP contribution in [0.15, 0.2) is 24.5 Å². The number of aromatic carboxylic acids is 1. The van der Waals surface area contributed by atoms with Crippen molar-refractivity contribution in [1.29, 1.82) is 0 Å². The highest BCUT2D eigenvalue weighted by Crippen LogP contribution is 2.10. The first-order chi connectivity index (χ1) is 5.77. The molecule has 0 unspecified atom stereocenters. The SMILES string of the molecule is Cl.Cl.O=C(O)c1ccc2nc[nH]c2c1. The van der Waals surface area contributed by atoms with E-state index in [0.717, 1.165) is 11.0 Å². The summed E-state index contributed by atoms with van der Waals surface area (Å²) in [6.45, 7) is 0. The highest BCUT2D eigenvalue weighted by molar-refractivity contribution is 5.92. The highest BCUT2D eigenvalue weighted by Gasteiger charge is 2.03. The van der Waals surface area contributed by atoms with E-state index in [2.05, 4.69) is 9.97 Å². The van der Waals surface area contributed by atoms with Gasteiger partial charge in [-0.05, 0) is 18.2 Å². The lowest BCUT2D eigenvalue weighted by molar-refractivity contribution is 0.0697. The molecule has 1 heterocycles. The summed E-state index contributed by atoms with van der Waals surface area (Å²) >= 11 is 0. The number of nitrogens with zero attached hydrogens (tertiary/aromatic N) is 1.